The lowest BCUT2D eigenvalue weighted by atomic mass is 9.95. The van der Waals surface area contributed by atoms with E-state index in [0.29, 0.717) is 29.3 Å². The molecule has 0 saturated carbocycles. The Bertz CT molecular complexity index is 796. The van der Waals surface area contributed by atoms with Crippen LogP contribution in [0.2, 0.25) is 0 Å². The Labute approximate surface area is 157 Å². The van der Waals surface area contributed by atoms with Crippen LogP contribution in [0.5, 0.6) is 0 Å². The Morgan fingerprint density at radius 1 is 1.12 bits per heavy atom. The number of hydrogen-bond donors (Lipinski definition) is 2. The predicted octanol–water partition coefficient (Wildman–Crippen LogP) is 3.56. The van der Waals surface area contributed by atoms with E-state index in [0.717, 1.165) is 36.8 Å². The second-order valence-electron chi connectivity index (χ2n) is 6.48. The SMILES string of the molecule is COCCNC(=O)c1c(NC(=O)c2ccc(C)cc2)sc2c1CCCC2. The van der Waals surface area contributed by atoms with Crippen molar-refractivity contribution >= 4 is 28.2 Å². The zero-order valence-electron chi connectivity index (χ0n) is 15.2. The first-order valence-corrected chi connectivity index (χ1v) is 9.71. The summed E-state index contributed by atoms with van der Waals surface area (Å²) in [5.74, 6) is -0.324. The normalized spacial score (nSPS) is 13.2. The van der Waals surface area contributed by atoms with E-state index in [2.05, 4.69) is 10.6 Å². The summed E-state index contributed by atoms with van der Waals surface area (Å²) in [4.78, 5) is 26.6. The minimum Gasteiger partial charge on any atom is -0.383 e. The number of fused-ring (bicyclic) bond motifs is 1. The summed E-state index contributed by atoms with van der Waals surface area (Å²) in [6.45, 7) is 2.89. The molecule has 3 rings (SSSR count). The average molecular weight is 372 g/mol. The molecule has 1 aliphatic rings. The van der Waals surface area contributed by atoms with Crippen molar-refractivity contribution in [1.82, 2.24) is 5.32 Å². The molecule has 0 fully saturated rings. The minimum atomic E-state index is -0.186. The number of aryl methyl sites for hydroxylation is 2. The molecular weight excluding hydrogens is 348 g/mol. The van der Waals surface area contributed by atoms with Gasteiger partial charge in [-0.3, -0.25) is 9.59 Å². The quantitative estimate of drug-likeness (QED) is 0.762. The fourth-order valence-electron chi connectivity index (χ4n) is 3.13. The van der Waals surface area contributed by atoms with Gasteiger partial charge in [0.1, 0.15) is 5.00 Å². The number of ether oxygens (including phenoxy) is 1. The number of thiophene rings is 1. The van der Waals surface area contributed by atoms with E-state index in [9.17, 15) is 9.59 Å². The number of methoxy groups -OCH3 is 1. The maximum Gasteiger partial charge on any atom is 0.256 e. The minimum absolute atomic E-state index is 0.138. The van der Waals surface area contributed by atoms with Crippen LogP contribution in [-0.2, 0) is 17.6 Å². The number of carbonyl (C=O) groups is 2. The Hall–Kier alpha value is -2.18. The third kappa shape index (κ3) is 4.14. The van der Waals surface area contributed by atoms with Crippen molar-refractivity contribution in [1.29, 1.82) is 0 Å². The van der Waals surface area contributed by atoms with Crippen LogP contribution in [-0.4, -0.2) is 32.1 Å². The van der Waals surface area contributed by atoms with Gasteiger partial charge in [-0.05, 0) is 50.3 Å². The number of rotatable bonds is 6. The highest BCUT2D eigenvalue weighted by atomic mass is 32.1. The Morgan fingerprint density at radius 3 is 2.58 bits per heavy atom. The zero-order valence-corrected chi connectivity index (χ0v) is 16.0. The molecule has 26 heavy (non-hydrogen) atoms. The van der Waals surface area contributed by atoms with Crippen LogP contribution in [0, 0.1) is 6.92 Å². The molecule has 1 aromatic heterocycles. The molecule has 5 nitrogen and oxygen atoms in total. The maximum atomic E-state index is 12.7. The molecule has 0 saturated heterocycles. The van der Waals surface area contributed by atoms with Crippen LogP contribution in [0.15, 0.2) is 24.3 Å². The van der Waals surface area contributed by atoms with Crippen molar-refractivity contribution in [3.8, 4) is 0 Å². The van der Waals surface area contributed by atoms with Gasteiger partial charge in [0.2, 0.25) is 0 Å². The van der Waals surface area contributed by atoms with Crippen LogP contribution in [0.3, 0.4) is 0 Å². The molecule has 0 spiro atoms. The van der Waals surface area contributed by atoms with E-state index >= 15 is 0 Å². The van der Waals surface area contributed by atoms with E-state index in [4.69, 9.17) is 4.74 Å². The molecule has 0 bridgehead atoms. The van der Waals surface area contributed by atoms with Gasteiger partial charge in [-0.2, -0.15) is 0 Å². The third-order valence-corrected chi connectivity index (χ3v) is 5.74. The second-order valence-corrected chi connectivity index (χ2v) is 7.59. The number of amides is 2. The average Bonchev–Trinajstić information content (AvgIpc) is 3.00. The molecule has 0 radical (unpaired) electrons. The molecule has 2 N–H and O–H groups in total. The lowest BCUT2D eigenvalue weighted by Crippen LogP contribution is -2.28. The van der Waals surface area contributed by atoms with Crippen molar-refractivity contribution in [3.05, 3.63) is 51.4 Å². The van der Waals surface area contributed by atoms with Gasteiger partial charge in [-0.25, -0.2) is 0 Å². The number of anilines is 1. The summed E-state index contributed by atoms with van der Waals surface area (Å²) in [6, 6.07) is 7.42. The van der Waals surface area contributed by atoms with Gasteiger partial charge in [-0.15, -0.1) is 11.3 Å². The number of carbonyl (C=O) groups excluding carboxylic acids is 2. The zero-order chi connectivity index (χ0) is 18.5. The van der Waals surface area contributed by atoms with E-state index in [1.807, 2.05) is 19.1 Å². The van der Waals surface area contributed by atoms with Gasteiger partial charge in [-0.1, -0.05) is 17.7 Å². The molecule has 6 heteroatoms. The lowest BCUT2D eigenvalue weighted by Gasteiger charge is -2.13. The molecule has 1 aromatic carbocycles. The number of benzene rings is 1. The first-order valence-electron chi connectivity index (χ1n) is 8.90. The highest BCUT2D eigenvalue weighted by Crippen LogP contribution is 2.38. The van der Waals surface area contributed by atoms with Gasteiger partial charge in [0.15, 0.2) is 0 Å². The largest absolute Gasteiger partial charge is 0.383 e. The smallest absolute Gasteiger partial charge is 0.256 e. The van der Waals surface area contributed by atoms with Crippen LogP contribution >= 0.6 is 11.3 Å². The van der Waals surface area contributed by atoms with Gasteiger partial charge in [0.05, 0.1) is 12.2 Å². The molecule has 0 atom stereocenters. The summed E-state index contributed by atoms with van der Waals surface area (Å²) in [6.07, 6.45) is 4.06. The summed E-state index contributed by atoms with van der Waals surface area (Å²) < 4.78 is 5.00. The van der Waals surface area contributed by atoms with E-state index in [-0.39, 0.29) is 11.8 Å². The Kier molecular flexibility index (Phi) is 6.06. The van der Waals surface area contributed by atoms with Crippen molar-refractivity contribution in [2.45, 2.75) is 32.6 Å². The van der Waals surface area contributed by atoms with Gasteiger partial charge in [0, 0.05) is 24.1 Å². The molecule has 1 heterocycles. The van der Waals surface area contributed by atoms with Gasteiger partial charge in [0.25, 0.3) is 11.8 Å². The third-order valence-electron chi connectivity index (χ3n) is 4.53. The number of nitrogens with one attached hydrogen (secondary N) is 2. The molecule has 0 aliphatic heterocycles. The first-order chi connectivity index (χ1) is 12.6. The van der Waals surface area contributed by atoms with Crippen molar-refractivity contribution in [2.24, 2.45) is 0 Å². The molecule has 0 unspecified atom stereocenters. The molecule has 2 aromatic rings. The summed E-state index contributed by atoms with van der Waals surface area (Å²) >= 11 is 1.53. The predicted molar refractivity (Wildman–Crippen MR) is 104 cm³/mol. The first kappa shape index (κ1) is 18.6. The Morgan fingerprint density at radius 2 is 1.85 bits per heavy atom. The molecule has 2 amide bonds. The van der Waals surface area contributed by atoms with Crippen LogP contribution in [0.1, 0.15) is 49.6 Å². The summed E-state index contributed by atoms with van der Waals surface area (Å²) in [5.41, 5.74) is 3.41. The van der Waals surface area contributed by atoms with Gasteiger partial charge >= 0.3 is 0 Å². The summed E-state index contributed by atoms with van der Waals surface area (Å²) in [5, 5.41) is 6.50. The van der Waals surface area contributed by atoms with E-state index in [1.54, 1.807) is 19.2 Å². The van der Waals surface area contributed by atoms with Crippen molar-refractivity contribution in [3.63, 3.8) is 0 Å². The maximum absolute atomic E-state index is 12.7. The monoisotopic (exact) mass is 372 g/mol. The number of hydrogen-bond acceptors (Lipinski definition) is 4. The fraction of sp³-hybridized carbons (Fsp3) is 0.400. The van der Waals surface area contributed by atoms with Crippen molar-refractivity contribution in [2.75, 3.05) is 25.6 Å². The lowest BCUT2D eigenvalue weighted by molar-refractivity contribution is 0.0937. The van der Waals surface area contributed by atoms with Crippen LogP contribution < -0.4 is 10.6 Å². The standard InChI is InChI=1S/C20H24N2O3S/c1-13-7-9-14(10-8-13)18(23)22-20-17(19(24)21-11-12-25-2)15-5-3-4-6-16(15)26-20/h7-10H,3-6,11-12H2,1-2H3,(H,21,24)(H,22,23). The summed E-state index contributed by atoms with van der Waals surface area (Å²) in [7, 11) is 1.60. The Balaban J connectivity index is 1.85. The highest BCUT2D eigenvalue weighted by molar-refractivity contribution is 7.17. The van der Waals surface area contributed by atoms with Crippen LogP contribution in [0.25, 0.3) is 0 Å². The molecule has 1 aliphatic carbocycles. The molecular formula is C20H24N2O3S. The van der Waals surface area contributed by atoms with E-state index < -0.39 is 0 Å². The highest BCUT2D eigenvalue weighted by Gasteiger charge is 2.26. The fourth-order valence-corrected chi connectivity index (χ4v) is 4.41. The van der Waals surface area contributed by atoms with Gasteiger partial charge < -0.3 is 15.4 Å². The second kappa shape index (κ2) is 8.47. The van der Waals surface area contributed by atoms with Crippen LogP contribution in [0.4, 0.5) is 5.00 Å². The molecule has 138 valence electrons. The van der Waals surface area contributed by atoms with E-state index in [1.165, 1.54) is 16.2 Å². The van der Waals surface area contributed by atoms with Crippen molar-refractivity contribution < 1.29 is 14.3 Å². The topological polar surface area (TPSA) is 67.4 Å².